The molecule has 3 heteroatoms. The van der Waals surface area contributed by atoms with Crippen molar-refractivity contribution < 1.29 is 9.90 Å². The summed E-state index contributed by atoms with van der Waals surface area (Å²) in [7, 11) is -2.03. The molecule has 0 amide bonds. The number of aliphatic hydroxyl groups excluding tert-OH is 1. The minimum Gasteiger partial charge on any atom is -0.392 e. The molecule has 0 aliphatic heterocycles. The topological polar surface area (TPSA) is 37.3 Å². The molecule has 0 radical (unpaired) electrons. The molecule has 0 spiro atoms. The summed E-state index contributed by atoms with van der Waals surface area (Å²) in [5.41, 5.74) is 1.06. The van der Waals surface area contributed by atoms with Gasteiger partial charge in [0.25, 0.3) is 0 Å². The van der Waals surface area contributed by atoms with Crippen LogP contribution in [0.2, 0.25) is 23.2 Å². The first-order chi connectivity index (χ1) is 10.6. The van der Waals surface area contributed by atoms with E-state index in [-0.39, 0.29) is 10.8 Å². The smallest absolute Gasteiger partial charge is 0.143 e. The highest BCUT2D eigenvalue weighted by Gasteiger charge is 2.60. The number of carbonyl (C=O) groups excluding carboxylic acids is 1. The lowest BCUT2D eigenvalue weighted by Crippen LogP contribution is -2.60. The van der Waals surface area contributed by atoms with E-state index in [2.05, 4.69) is 33.9 Å². The Balaban J connectivity index is 2.44. The van der Waals surface area contributed by atoms with Gasteiger partial charge in [-0.05, 0) is 23.4 Å². The second kappa shape index (κ2) is 6.52. The Hall–Kier alpha value is -0.933. The highest BCUT2D eigenvalue weighted by molar-refractivity contribution is 6.86. The Morgan fingerprint density at radius 1 is 1.22 bits per heavy atom. The normalized spacial score (nSPS) is 26.1. The van der Waals surface area contributed by atoms with E-state index >= 15 is 0 Å². The third kappa shape index (κ3) is 3.18. The summed E-state index contributed by atoms with van der Waals surface area (Å²) in [6.45, 7) is 11.4. The van der Waals surface area contributed by atoms with Gasteiger partial charge in [-0.2, -0.15) is 0 Å². The molecule has 1 aromatic carbocycles. The average Bonchev–Trinajstić information content (AvgIpc) is 2.47. The van der Waals surface area contributed by atoms with Crippen molar-refractivity contribution in [2.75, 3.05) is 0 Å². The van der Waals surface area contributed by atoms with Gasteiger partial charge in [0.15, 0.2) is 0 Å². The summed E-state index contributed by atoms with van der Waals surface area (Å²) in [5.74, 6) is 0.266. The van der Waals surface area contributed by atoms with Crippen LogP contribution in [0.1, 0.15) is 52.0 Å². The zero-order valence-electron chi connectivity index (χ0n) is 15.4. The number of hydrogen-bond donors (Lipinski definition) is 1. The minimum absolute atomic E-state index is 0.0810. The van der Waals surface area contributed by atoms with Crippen LogP contribution in [0.5, 0.6) is 0 Å². The molecule has 2 atom stereocenters. The Morgan fingerprint density at radius 2 is 1.83 bits per heavy atom. The van der Waals surface area contributed by atoms with Crippen LogP contribution >= 0.6 is 0 Å². The zero-order valence-corrected chi connectivity index (χ0v) is 16.4. The molecule has 0 unspecified atom stereocenters. The third-order valence-electron chi connectivity index (χ3n) is 6.56. The van der Waals surface area contributed by atoms with E-state index in [1.807, 2.05) is 30.3 Å². The van der Waals surface area contributed by atoms with Crippen LogP contribution in [0.25, 0.3) is 0 Å². The van der Waals surface area contributed by atoms with Crippen LogP contribution < -0.4 is 0 Å². The lowest BCUT2D eigenvalue weighted by molar-refractivity contribution is -0.126. The molecule has 1 aromatic rings. The molecule has 2 rings (SSSR count). The van der Waals surface area contributed by atoms with Crippen molar-refractivity contribution in [1.29, 1.82) is 0 Å². The van der Waals surface area contributed by atoms with Gasteiger partial charge in [-0.25, -0.2) is 0 Å². The lowest BCUT2D eigenvalue weighted by atomic mass is 9.80. The SMILES string of the molecule is CC(C)(C)[Si](C)(C)[C@@]1(C(=O)Cc2ccccc2)CCCC[C@@H]1O. The standard InChI is InChI=1S/C20H32O2Si/c1-19(2,3)23(4,5)20(14-10-9-13-17(20)21)18(22)15-16-11-7-6-8-12-16/h6-8,11-12,17,21H,9-10,13-15H2,1-5H3/t17-,20-/m0/s1. The van der Waals surface area contributed by atoms with Gasteiger partial charge in [-0.1, -0.05) is 77.0 Å². The van der Waals surface area contributed by atoms with Crippen molar-refractivity contribution in [3.8, 4) is 0 Å². The molecule has 0 bridgehead atoms. The monoisotopic (exact) mass is 332 g/mol. The van der Waals surface area contributed by atoms with E-state index in [9.17, 15) is 9.90 Å². The molecule has 2 nitrogen and oxygen atoms in total. The third-order valence-corrected chi connectivity index (χ3v) is 13.4. The van der Waals surface area contributed by atoms with E-state index in [0.717, 1.165) is 31.2 Å². The van der Waals surface area contributed by atoms with Crippen LogP contribution in [0.4, 0.5) is 0 Å². The molecular weight excluding hydrogens is 300 g/mol. The van der Waals surface area contributed by atoms with Gasteiger partial charge in [0.05, 0.1) is 14.2 Å². The van der Waals surface area contributed by atoms with Crippen LogP contribution in [0.15, 0.2) is 30.3 Å². The number of carbonyl (C=O) groups is 1. The maximum Gasteiger partial charge on any atom is 0.143 e. The quantitative estimate of drug-likeness (QED) is 0.789. The molecule has 1 fully saturated rings. The molecule has 0 aromatic heterocycles. The van der Waals surface area contributed by atoms with Gasteiger partial charge in [-0.3, -0.25) is 4.79 Å². The fourth-order valence-electron chi connectivity index (χ4n) is 4.17. The molecule has 23 heavy (non-hydrogen) atoms. The predicted molar refractivity (Wildman–Crippen MR) is 99.5 cm³/mol. The Morgan fingerprint density at radius 3 is 2.35 bits per heavy atom. The highest BCUT2D eigenvalue weighted by atomic mass is 28.3. The maximum atomic E-state index is 13.5. The minimum atomic E-state index is -2.03. The van der Waals surface area contributed by atoms with E-state index < -0.39 is 19.2 Å². The molecular formula is C20H32O2Si. The highest BCUT2D eigenvalue weighted by Crippen LogP contribution is 2.59. The van der Waals surface area contributed by atoms with E-state index in [1.165, 1.54) is 0 Å². The zero-order chi connectivity index (χ0) is 17.3. The van der Waals surface area contributed by atoms with Gasteiger partial charge < -0.3 is 5.11 Å². The first-order valence-corrected chi connectivity index (χ1v) is 11.9. The Labute approximate surface area is 142 Å². The van der Waals surface area contributed by atoms with E-state index in [0.29, 0.717) is 6.42 Å². The molecule has 0 heterocycles. The molecule has 1 N–H and O–H groups in total. The van der Waals surface area contributed by atoms with E-state index in [4.69, 9.17) is 0 Å². The molecule has 1 aliphatic rings. The average molecular weight is 333 g/mol. The second-order valence-corrected chi connectivity index (χ2v) is 14.3. The number of Topliss-reactive ketones (excluding diaryl/α,β-unsaturated/α-hetero) is 1. The number of rotatable bonds is 4. The number of ketones is 1. The van der Waals surface area contributed by atoms with Gasteiger partial charge >= 0.3 is 0 Å². The molecule has 1 aliphatic carbocycles. The van der Waals surface area contributed by atoms with Crippen LogP contribution in [0.3, 0.4) is 0 Å². The summed E-state index contributed by atoms with van der Waals surface area (Å²) in [4.78, 5) is 13.5. The summed E-state index contributed by atoms with van der Waals surface area (Å²) < 4.78 is 0. The van der Waals surface area contributed by atoms with Gasteiger partial charge in [0.2, 0.25) is 0 Å². The van der Waals surface area contributed by atoms with Crippen LogP contribution in [0, 0.1) is 0 Å². The van der Waals surface area contributed by atoms with Crippen molar-refractivity contribution in [3.63, 3.8) is 0 Å². The summed E-state index contributed by atoms with van der Waals surface area (Å²) in [5, 5.41) is 10.5. The Kier molecular flexibility index (Phi) is 5.22. The van der Waals surface area contributed by atoms with Gasteiger partial charge in [-0.15, -0.1) is 0 Å². The fraction of sp³-hybridized carbons (Fsp3) is 0.650. The largest absolute Gasteiger partial charge is 0.392 e. The van der Waals surface area contributed by atoms with Crippen LogP contribution in [-0.2, 0) is 11.2 Å². The summed E-state index contributed by atoms with van der Waals surface area (Å²) >= 11 is 0. The summed E-state index contributed by atoms with van der Waals surface area (Å²) in [6, 6.07) is 9.99. The first-order valence-electron chi connectivity index (χ1n) is 8.88. The maximum absolute atomic E-state index is 13.5. The number of hydrogen-bond acceptors (Lipinski definition) is 2. The van der Waals surface area contributed by atoms with Gasteiger partial charge in [0, 0.05) is 11.5 Å². The molecule has 1 saturated carbocycles. The van der Waals surface area contributed by atoms with Crippen LogP contribution in [-0.4, -0.2) is 25.1 Å². The molecule has 128 valence electrons. The number of aliphatic hydroxyl groups is 1. The Bertz CT molecular complexity index is 545. The lowest BCUT2D eigenvalue weighted by Gasteiger charge is -2.55. The predicted octanol–water partition coefficient (Wildman–Crippen LogP) is 4.98. The van der Waals surface area contributed by atoms with Crippen molar-refractivity contribution in [2.24, 2.45) is 0 Å². The number of benzene rings is 1. The second-order valence-electron chi connectivity index (χ2n) is 8.69. The molecule has 0 saturated heterocycles. The van der Waals surface area contributed by atoms with Crippen molar-refractivity contribution in [3.05, 3.63) is 35.9 Å². The summed E-state index contributed by atoms with van der Waals surface area (Å²) in [6.07, 6.45) is 3.70. The fourth-order valence-corrected chi connectivity index (χ4v) is 8.07. The van der Waals surface area contributed by atoms with Crippen molar-refractivity contribution >= 4 is 13.9 Å². The van der Waals surface area contributed by atoms with Crippen molar-refractivity contribution in [2.45, 2.75) is 82.1 Å². The van der Waals surface area contributed by atoms with E-state index in [1.54, 1.807) is 0 Å². The van der Waals surface area contributed by atoms with Gasteiger partial charge in [0.1, 0.15) is 5.78 Å². The van der Waals surface area contributed by atoms with Crippen molar-refractivity contribution in [1.82, 2.24) is 0 Å². The first kappa shape index (κ1) is 18.4.